The molecule has 0 saturated heterocycles. The number of carboxylic acid groups (broad SMARTS) is 1. The summed E-state index contributed by atoms with van der Waals surface area (Å²) in [4.78, 5) is 60.8. The van der Waals surface area contributed by atoms with Crippen LogP contribution in [0.2, 0.25) is 0 Å². The average molecular weight is 529 g/mol. The number of aliphatic carboxylic acids is 1. The summed E-state index contributed by atoms with van der Waals surface area (Å²) in [5.41, 5.74) is -2.09. The molecule has 0 fully saturated rings. The number of alkyl halides is 2. The minimum absolute atomic E-state index is 0.214. The smallest absolute Gasteiger partial charge is 0.408 e. The molecular formula is C24H34F2N4O7. The summed E-state index contributed by atoms with van der Waals surface area (Å²) in [6.07, 6.45) is -5.05. The number of hydrogen-bond donors (Lipinski definition) is 5. The van der Waals surface area contributed by atoms with Crippen LogP contribution in [0, 0.1) is 5.92 Å². The molecule has 37 heavy (non-hydrogen) atoms. The Balaban J connectivity index is 2.92. The first-order valence-corrected chi connectivity index (χ1v) is 11.6. The van der Waals surface area contributed by atoms with Gasteiger partial charge in [0.2, 0.25) is 11.8 Å². The molecule has 1 aromatic rings. The molecule has 0 aromatic heterocycles. The quantitative estimate of drug-likeness (QED) is 0.259. The maximum absolute atomic E-state index is 14.3. The van der Waals surface area contributed by atoms with Gasteiger partial charge >= 0.3 is 12.1 Å². The number of amides is 4. The summed E-state index contributed by atoms with van der Waals surface area (Å²) >= 11 is 0. The third kappa shape index (κ3) is 9.66. The molecular weight excluding hydrogens is 494 g/mol. The molecule has 13 heteroatoms. The summed E-state index contributed by atoms with van der Waals surface area (Å²) in [6.45, 7) is 6.66. The molecule has 0 radical (unpaired) electrons. The van der Waals surface area contributed by atoms with Crippen LogP contribution in [0.1, 0.15) is 46.6 Å². The highest BCUT2D eigenvalue weighted by molar-refractivity contribution is 5.96. The van der Waals surface area contributed by atoms with Crippen LogP contribution >= 0.6 is 0 Å². The van der Waals surface area contributed by atoms with Crippen molar-refractivity contribution < 1.29 is 42.6 Å². The molecule has 4 atom stereocenters. The van der Waals surface area contributed by atoms with Gasteiger partial charge in [-0.2, -0.15) is 0 Å². The molecule has 0 heterocycles. The van der Waals surface area contributed by atoms with Crippen molar-refractivity contribution in [3.63, 3.8) is 0 Å². The van der Waals surface area contributed by atoms with Crippen molar-refractivity contribution in [3.8, 4) is 0 Å². The average Bonchev–Trinajstić information content (AvgIpc) is 2.81. The lowest BCUT2D eigenvalue weighted by atomic mass is 9.87. The number of halogens is 2. The Kier molecular flexibility index (Phi) is 11.9. The van der Waals surface area contributed by atoms with Gasteiger partial charge in [-0.1, -0.05) is 44.2 Å². The van der Waals surface area contributed by atoms with Gasteiger partial charge in [-0.3, -0.25) is 19.2 Å². The second-order valence-corrected chi connectivity index (χ2v) is 9.05. The van der Waals surface area contributed by atoms with E-state index in [0.717, 1.165) is 0 Å². The van der Waals surface area contributed by atoms with E-state index in [4.69, 9.17) is 9.84 Å². The number of hydrogen-bond acceptors (Lipinski definition) is 6. The molecule has 11 nitrogen and oxygen atoms in total. The fraction of sp³-hybridized carbons (Fsp3) is 0.542. The van der Waals surface area contributed by atoms with Gasteiger partial charge in [0.15, 0.2) is 5.54 Å². The predicted molar refractivity (Wildman–Crippen MR) is 128 cm³/mol. The highest BCUT2D eigenvalue weighted by Crippen LogP contribution is 2.26. The van der Waals surface area contributed by atoms with E-state index >= 15 is 0 Å². The Bertz CT molecular complexity index is 962. The van der Waals surface area contributed by atoms with E-state index < -0.39 is 72.2 Å². The SMILES string of the molecule is CC(C)CC(NC(=O)OCc1ccccc1)(C(=O)N[C@@H](C)C(=O)N[C@@H](C)C(=O)N[C@@H](C)C(=O)O)C(F)F. The minimum atomic E-state index is -3.35. The lowest BCUT2D eigenvalue weighted by Crippen LogP contribution is -2.66. The third-order valence-electron chi connectivity index (χ3n) is 5.27. The van der Waals surface area contributed by atoms with Gasteiger partial charge in [-0.25, -0.2) is 13.6 Å². The van der Waals surface area contributed by atoms with E-state index in [1.807, 2.05) is 5.32 Å². The van der Waals surface area contributed by atoms with Crippen LogP contribution < -0.4 is 21.3 Å². The summed E-state index contributed by atoms with van der Waals surface area (Å²) < 4.78 is 33.6. The number of alkyl carbamates (subject to hydrolysis) is 1. The van der Waals surface area contributed by atoms with Gasteiger partial charge in [-0.05, 0) is 38.7 Å². The minimum Gasteiger partial charge on any atom is -0.480 e. The Morgan fingerprint density at radius 1 is 0.865 bits per heavy atom. The summed E-state index contributed by atoms with van der Waals surface area (Å²) in [5, 5.41) is 17.5. The second kappa shape index (κ2) is 14.1. The molecule has 0 aliphatic heterocycles. The normalized spacial score (nSPS) is 15.1. The first kappa shape index (κ1) is 31.3. The van der Waals surface area contributed by atoms with Crippen LogP contribution in [-0.4, -0.2) is 65.0 Å². The molecule has 5 N–H and O–H groups in total. The molecule has 0 spiro atoms. The standard InChI is InChI=1S/C24H34F2N4O7/c1-13(2)11-24(21(25)26,30-23(36)37-12-17-9-7-6-8-10-17)22(35)29-15(4)19(32)27-14(3)18(31)28-16(5)20(33)34/h6-10,13-16,21H,11-12H2,1-5H3,(H,27,32)(H,28,31)(H,29,35)(H,30,36)(H,33,34)/t14-,15-,16-,24?/m0/s1. The predicted octanol–water partition coefficient (Wildman–Crippen LogP) is 1.56. The van der Waals surface area contributed by atoms with Gasteiger partial charge in [0, 0.05) is 0 Å². The fourth-order valence-electron chi connectivity index (χ4n) is 3.22. The van der Waals surface area contributed by atoms with Crippen molar-refractivity contribution >= 4 is 29.8 Å². The Morgan fingerprint density at radius 2 is 1.38 bits per heavy atom. The van der Waals surface area contributed by atoms with Crippen molar-refractivity contribution in [1.29, 1.82) is 0 Å². The first-order valence-electron chi connectivity index (χ1n) is 11.6. The highest BCUT2D eigenvalue weighted by Gasteiger charge is 2.50. The summed E-state index contributed by atoms with van der Waals surface area (Å²) in [6, 6.07) is 4.71. The number of ether oxygens (including phenoxy) is 1. The van der Waals surface area contributed by atoms with Crippen LogP contribution in [0.4, 0.5) is 13.6 Å². The van der Waals surface area contributed by atoms with Gasteiger partial charge in [0.05, 0.1) is 0 Å². The van der Waals surface area contributed by atoms with Gasteiger partial charge < -0.3 is 31.1 Å². The number of rotatable bonds is 13. The largest absolute Gasteiger partial charge is 0.480 e. The Morgan fingerprint density at radius 3 is 1.86 bits per heavy atom. The topological polar surface area (TPSA) is 163 Å². The molecule has 0 bridgehead atoms. The zero-order chi connectivity index (χ0) is 28.3. The van der Waals surface area contributed by atoms with E-state index in [-0.39, 0.29) is 6.61 Å². The number of carbonyl (C=O) groups excluding carboxylic acids is 4. The monoisotopic (exact) mass is 528 g/mol. The fourth-order valence-corrected chi connectivity index (χ4v) is 3.22. The van der Waals surface area contributed by atoms with Crippen molar-refractivity contribution in [3.05, 3.63) is 35.9 Å². The number of carbonyl (C=O) groups is 5. The van der Waals surface area contributed by atoms with Gasteiger partial charge in [-0.15, -0.1) is 0 Å². The maximum atomic E-state index is 14.3. The van der Waals surface area contributed by atoms with E-state index in [0.29, 0.717) is 5.56 Å². The van der Waals surface area contributed by atoms with Crippen LogP contribution in [0.15, 0.2) is 30.3 Å². The summed E-state index contributed by atoms with van der Waals surface area (Å²) in [7, 11) is 0. The lowest BCUT2D eigenvalue weighted by Gasteiger charge is -2.34. The van der Waals surface area contributed by atoms with Crippen molar-refractivity contribution in [2.75, 3.05) is 0 Å². The zero-order valence-corrected chi connectivity index (χ0v) is 21.3. The molecule has 1 aromatic carbocycles. The van der Waals surface area contributed by atoms with Crippen LogP contribution in [0.3, 0.4) is 0 Å². The molecule has 4 amide bonds. The van der Waals surface area contributed by atoms with Crippen LogP contribution in [0.25, 0.3) is 0 Å². The van der Waals surface area contributed by atoms with Crippen molar-refractivity contribution in [2.45, 2.75) is 77.7 Å². The van der Waals surface area contributed by atoms with Gasteiger partial charge in [0.25, 0.3) is 12.3 Å². The molecule has 1 unspecified atom stereocenters. The number of carboxylic acids is 1. The Hall–Kier alpha value is -3.77. The van der Waals surface area contributed by atoms with E-state index in [1.165, 1.54) is 20.8 Å². The third-order valence-corrected chi connectivity index (χ3v) is 5.27. The Labute approximate surface area is 213 Å². The number of benzene rings is 1. The van der Waals surface area contributed by atoms with Crippen LogP contribution in [-0.2, 0) is 30.5 Å². The highest BCUT2D eigenvalue weighted by atomic mass is 19.3. The maximum Gasteiger partial charge on any atom is 0.408 e. The van der Waals surface area contributed by atoms with E-state index in [9.17, 15) is 32.8 Å². The number of nitrogens with one attached hydrogen (secondary N) is 4. The molecule has 0 aliphatic rings. The lowest BCUT2D eigenvalue weighted by molar-refractivity contribution is -0.142. The van der Waals surface area contributed by atoms with E-state index in [2.05, 4.69) is 16.0 Å². The molecule has 206 valence electrons. The van der Waals surface area contributed by atoms with Crippen molar-refractivity contribution in [2.24, 2.45) is 5.92 Å². The molecule has 0 aliphatic carbocycles. The molecule has 0 saturated carbocycles. The van der Waals surface area contributed by atoms with Gasteiger partial charge in [0.1, 0.15) is 24.7 Å². The first-order chi connectivity index (χ1) is 17.2. The van der Waals surface area contributed by atoms with E-state index in [1.54, 1.807) is 44.2 Å². The summed E-state index contributed by atoms with van der Waals surface area (Å²) in [5.74, 6) is -4.74. The van der Waals surface area contributed by atoms with Crippen LogP contribution in [0.5, 0.6) is 0 Å². The second-order valence-electron chi connectivity index (χ2n) is 9.05. The van der Waals surface area contributed by atoms with Crippen molar-refractivity contribution in [1.82, 2.24) is 21.3 Å². The zero-order valence-electron chi connectivity index (χ0n) is 21.3. The molecule has 1 rings (SSSR count).